The maximum atomic E-state index is 2.85. The second-order valence-electron chi connectivity index (χ2n) is 14.3. The van der Waals surface area contributed by atoms with Gasteiger partial charge in [0, 0.05) is 0 Å². The van der Waals surface area contributed by atoms with Crippen LogP contribution in [0.25, 0.3) is 0 Å². The van der Waals surface area contributed by atoms with Crippen molar-refractivity contribution in [1.29, 1.82) is 0 Å². The van der Waals surface area contributed by atoms with Gasteiger partial charge in [-0.1, -0.05) is 133 Å². The van der Waals surface area contributed by atoms with Crippen LogP contribution in [0.3, 0.4) is 0 Å². The summed E-state index contributed by atoms with van der Waals surface area (Å²) in [7, 11) is -5.29. The molecule has 0 N–H and O–H groups in total. The van der Waals surface area contributed by atoms with Crippen LogP contribution in [0.1, 0.15) is 69.2 Å². The van der Waals surface area contributed by atoms with Crippen molar-refractivity contribution in [3.63, 3.8) is 0 Å². The smallest absolute Gasteiger partial charge is 0.0554 e. The molecule has 28 heavy (non-hydrogen) atoms. The Bertz CT molecular complexity index is 529. The molecule has 0 aliphatic rings. The largest absolute Gasteiger partial charge is 0.0692 e. The zero-order chi connectivity index (χ0) is 23.3. The van der Waals surface area contributed by atoms with Crippen molar-refractivity contribution in [1.82, 2.24) is 0 Å². The number of rotatable bonds is 6. The zero-order valence-electron chi connectivity index (χ0n) is 23.2. The average Bonchev–Trinajstić information content (AvgIpc) is 2.40. The lowest BCUT2D eigenvalue weighted by Crippen LogP contribution is -2.74. The Morgan fingerprint density at radius 3 is 0.750 bits per heavy atom. The topological polar surface area (TPSA) is 0 Å². The summed E-state index contributed by atoms with van der Waals surface area (Å²) in [6, 6.07) is 0. The molecule has 0 saturated heterocycles. The van der Waals surface area contributed by atoms with Gasteiger partial charge in [-0.2, -0.15) is 0 Å². The molecule has 6 heteroatoms. The third-order valence-electron chi connectivity index (χ3n) is 9.43. The van der Waals surface area contributed by atoms with Crippen molar-refractivity contribution in [3.8, 4) is 0 Å². The average molecular weight is 489 g/mol. The molecule has 0 bridgehead atoms. The molecular weight excluding hydrogens is 433 g/mol. The first-order valence-corrected chi connectivity index (χ1v) is 31.8. The fraction of sp³-hybridized carbons (Fsp3) is 1.00. The quantitative estimate of drug-likeness (QED) is 0.328. The Morgan fingerprint density at radius 2 is 0.643 bits per heavy atom. The maximum Gasteiger partial charge on any atom is 0.0554 e. The highest BCUT2D eigenvalue weighted by atomic mass is 30.0. The van der Waals surface area contributed by atoms with Crippen LogP contribution in [0, 0.1) is 0 Å². The van der Waals surface area contributed by atoms with Gasteiger partial charge >= 0.3 is 0 Å². The predicted octanol–water partition coefficient (Wildman–Crippen LogP) is 8.62. The summed E-state index contributed by atoms with van der Waals surface area (Å²) in [5, 5.41) is 1.06. The zero-order valence-corrected chi connectivity index (χ0v) is 29.2. The van der Waals surface area contributed by atoms with E-state index in [4.69, 9.17) is 0 Å². The summed E-state index contributed by atoms with van der Waals surface area (Å²) in [5.74, 6) is 0. The van der Waals surface area contributed by atoms with Gasteiger partial charge in [-0.25, -0.2) is 0 Å². The van der Waals surface area contributed by atoms with Crippen molar-refractivity contribution >= 4 is 44.2 Å². The summed E-state index contributed by atoms with van der Waals surface area (Å²) in [5.41, 5.74) is 1.86. The molecule has 0 amide bonds. The molecule has 0 aliphatic carbocycles. The molecule has 0 nitrogen and oxygen atoms in total. The van der Waals surface area contributed by atoms with Gasteiger partial charge in [-0.05, 0) is 23.9 Å². The molecular formula is C22H56Si6. The van der Waals surface area contributed by atoms with Gasteiger partial charge in [-0.15, -0.1) is 0 Å². The minimum atomic E-state index is -1.36. The molecule has 0 aromatic carbocycles. The Balaban J connectivity index is 7.85. The van der Waals surface area contributed by atoms with E-state index >= 15 is 0 Å². The van der Waals surface area contributed by atoms with Crippen LogP contribution in [0.5, 0.6) is 0 Å². The van der Waals surface area contributed by atoms with Gasteiger partial charge in [0.2, 0.25) is 0 Å². The van der Waals surface area contributed by atoms with Crippen molar-refractivity contribution in [2.24, 2.45) is 0 Å². The van der Waals surface area contributed by atoms with E-state index in [2.05, 4.69) is 122 Å². The molecule has 0 unspecified atom stereocenters. The SMILES string of the molecule is CC(C)[Si](C)(C)/[Si](=[Si](\[Si](C)(C)C(C)C)[Si](C)(C)C(C)(C)C)[Si](C)(C)C(C)(C)C. The van der Waals surface area contributed by atoms with Crippen LogP contribution in [-0.2, 0) is 0 Å². The Hall–Kier alpha value is 1.30. The van der Waals surface area contributed by atoms with Crippen LogP contribution in [0.2, 0.25) is 73.5 Å². The molecule has 0 rings (SSSR count). The van der Waals surface area contributed by atoms with Gasteiger partial charge in [-0.3, -0.25) is 0 Å². The minimum Gasteiger partial charge on any atom is -0.0692 e. The first-order chi connectivity index (χ1) is 11.9. The lowest BCUT2D eigenvalue weighted by atomic mass is 10.2. The third kappa shape index (κ3) is 5.37. The highest BCUT2D eigenvalue weighted by Crippen LogP contribution is 2.45. The van der Waals surface area contributed by atoms with Gasteiger partial charge in [0.25, 0.3) is 0 Å². The van der Waals surface area contributed by atoms with E-state index in [9.17, 15) is 0 Å². The molecule has 168 valence electrons. The molecule has 0 radical (unpaired) electrons. The van der Waals surface area contributed by atoms with Crippen LogP contribution < -0.4 is 0 Å². The monoisotopic (exact) mass is 488 g/mol. The highest BCUT2D eigenvalue weighted by molar-refractivity contribution is 7.83. The van der Waals surface area contributed by atoms with Crippen LogP contribution in [0.4, 0.5) is 0 Å². The second-order valence-corrected chi connectivity index (χ2v) is 67.7. The van der Waals surface area contributed by atoms with E-state index in [0.29, 0.717) is 10.1 Å². The van der Waals surface area contributed by atoms with E-state index in [1.807, 2.05) is 0 Å². The number of hydrogen-bond acceptors (Lipinski definition) is 0. The van der Waals surface area contributed by atoms with Crippen LogP contribution in [0.15, 0.2) is 0 Å². The van der Waals surface area contributed by atoms with Gasteiger partial charge in [0.05, 0.1) is 30.4 Å². The predicted molar refractivity (Wildman–Crippen MR) is 151 cm³/mol. The van der Waals surface area contributed by atoms with E-state index in [0.717, 1.165) is 11.1 Å². The molecule has 0 heterocycles. The van der Waals surface area contributed by atoms with Crippen molar-refractivity contribution in [2.45, 2.75) is 143 Å². The molecule has 0 saturated carbocycles. The van der Waals surface area contributed by atoms with E-state index in [1.54, 1.807) is 0 Å². The van der Waals surface area contributed by atoms with Crippen LogP contribution in [-0.4, -0.2) is 44.2 Å². The van der Waals surface area contributed by atoms with E-state index in [-0.39, 0.29) is 13.9 Å². The minimum absolute atomic E-state index is 0.330. The van der Waals surface area contributed by atoms with Crippen molar-refractivity contribution in [3.05, 3.63) is 0 Å². The Morgan fingerprint density at radius 1 is 0.464 bits per heavy atom. The summed E-state index contributed by atoms with van der Waals surface area (Å²) in [6.07, 6.45) is 0. The molecule has 0 atom stereocenters. The Labute approximate surface area is 186 Å². The molecule has 0 aromatic heterocycles. The standard InChI is InChI=1S/C22H56Si6/c1-19(2)25(11,12)23(27(15,16)21(5,6)7)24(26(13,14)20(3)4)28(17,18)22(8,9)10/h19-20H,1-18H3/b24-23-. The Kier molecular flexibility index (Phi) is 9.08. The molecule has 0 aliphatic heterocycles. The van der Waals surface area contributed by atoms with E-state index in [1.165, 1.54) is 0 Å². The number of hydrogen-bond donors (Lipinski definition) is 0. The lowest BCUT2D eigenvalue weighted by Gasteiger charge is -2.55. The normalized spacial score (nSPS) is 16.7. The van der Waals surface area contributed by atoms with Crippen LogP contribution >= 0.6 is 0 Å². The molecule has 0 spiro atoms. The second kappa shape index (κ2) is 8.68. The van der Waals surface area contributed by atoms with Gasteiger partial charge < -0.3 is 0 Å². The third-order valence-corrected chi connectivity index (χ3v) is 117. The summed E-state index contributed by atoms with van der Waals surface area (Å²) >= 11 is 0. The van der Waals surface area contributed by atoms with Crippen molar-refractivity contribution < 1.29 is 0 Å². The summed E-state index contributed by atoms with van der Waals surface area (Å²) in [6.45, 7) is 48.2. The maximum absolute atomic E-state index is 2.85. The summed E-state index contributed by atoms with van der Waals surface area (Å²) in [4.78, 5) is 0. The first kappa shape index (κ1) is 29.3. The van der Waals surface area contributed by atoms with Gasteiger partial charge in [0.15, 0.2) is 0 Å². The fourth-order valence-corrected chi connectivity index (χ4v) is 182. The molecule has 0 aromatic rings. The lowest BCUT2D eigenvalue weighted by molar-refractivity contribution is 0.733. The highest BCUT2D eigenvalue weighted by Gasteiger charge is 2.55. The van der Waals surface area contributed by atoms with E-state index < -0.39 is 30.4 Å². The molecule has 0 fully saturated rings. The fourth-order valence-electron chi connectivity index (χ4n) is 4.21. The van der Waals surface area contributed by atoms with Gasteiger partial charge in [0.1, 0.15) is 0 Å². The van der Waals surface area contributed by atoms with Crippen molar-refractivity contribution in [2.75, 3.05) is 0 Å². The summed E-state index contributed by atoms with van der Waals surface area (Å²) < 4.78 is 0. The first-order valence-electron chi connectivity index (χ1n) is 11.6.